The number of pyridine rings is 1. The SMILES string of the molecule is COC(=O)CC1CCC(Oc2ncc(-c3ccc(C=O)cn3)cn2)CC1. The monoisotopic (exact) mass is 355 g/mol. The van der Waals surface area contributed by atoms with Gasteiger partial charge in [0.2, 0.25) is 0 Å². The molecule has 0 amide bonds. The standard InChI is InChI=1S/C19H21N3O4/c1-25-18(24)8-13-2-5-16(6-3-13)26-19-21-10-15(11-22-19)17-7-4-14(12-23)9-20-17/h4,7,9-13,16H,2-3,5-6,8H2,1H3. The second-order valence-corrected chi connectivity index (χ2v) is 6.39. The van der Waals surface area contributed by atoms with E-state index in [9.17, 15) is 9.59 Å². The van der Waals surface area contributed by atoms with E-state index < -0.39 is 0 Å². The van der Waals surface area contributed by atoms with Crippen LogP contribution in [0.3, 0.4) is 0 Å². The molecule has 1 saturated carbocycles. The third-order valence-electron chi connectivity index (χ3n) is 4.60. The number of aldehydes is 1. The molecule has 0 saturated heterocycles. The van der Waals surface area contributed by atoms with Crippen LogP contribution in [0.25, 0.3) is 11.3 Å². The molecule has 0 aliphatic heterocycles. The number of nitrogens with zero attached hydrogens (tertiary/aromatic N) is 3. The molecule has 0 spiro atoms. The molecular weight excluding hydrogens is 334 g/mol. The van der Waals surface area contributed by atoms with Gasteiger partial charge in [-0.05, 0) is 43.7 Å². The van der Waals surface area contributed by atoms with Gasteiger partial charge in [-0.15, -0.1) is 0 Å². The van der Waals surface area contributed by atoms with Gasteiger partial charge in [0.15, 0.2) is 6.29 Å². The zero-order valence-electron chi connectivity index (χ0n) is 14.6. The van der Waals surface area contributed by atoms with Crippen LogP contribution in [0.4, 0.5) is 0 Å². The molecule has 1 fully saturated rings. The highest BCUT2D eigenvalue weighted by atomic mass is 16.5. The summed E-state index contributed by atoms with van der Waals surface area (Å²) in [5.41, 5.74) is 1.99. The summed E-state index contributed by atoms with van der Waals surface area (Å²) >= 11 is 0. The number of esters is 1. The Bertz CT molecular complexity index is 738. The Morgan fingerprint density at radius 2 is 1.85 bits per heavy atom. The van der Waals surface area contributed by atoms with Crippen molar-refractivity contribution < 1.29 is 19.1 Å². The minimum atomic E-state index is -0.150. The van der Waals surface area contributed by atoms with E-state index in [0.29, 0.717) is 29.6 Å². The zero-order chi connectivity index (χ0) is 18.4. The first kappa shape index (κ1) is 18.0. The van der Waals surface area contributed by atoms with Gasteiger partial charge in [0.05, 0.1) is 12.8 Å². The van der Waals surface area contributed by atoms with E-state index in [2.05, 4.69) is 15.0 Å². The molecule has 0 aromatic carbocycles. The Balaban J connectivity index is 1.53. The number of ether oxygens (including phenoxy) is 2. The van der Waals surface area contributed by atoms with Crippen molar-refractivity contribution in [3.05, 3.63) is 36.3 Å². The summed E-state index contributed by atoms with van der Waals surface area (Å²) in [6, 6.07) is 3.80. The van der Waals surface area contributed by atoms with Gasteiger partial charge in [0.25, 0.3) is 0 Å². The molecule has 2 heterocycles. The minimum absolute atomic E-state index is 0.0692. The highest BCUT2D eigenvalue weighted by molar-refractivity contribution is 5.75. The summed E-state index contributed by atoms with van der Waals surface area (Å²) in [6.07, 6.45) is 9.76. The first-order valence-corrected chi connectivity index (χ1v) is 8.65. The average molecular weight is 355 g/mol. The lowest BCUT2D eigenvalue weighted by atomic mass is 9.85. The van der Waals surface area contributed by atoms with Crippen LogP contribution < -0.4 is 4.74 Å². The Kier molecular flexibility index (Phi) is 5.88. The number of methoxy groups -OCH3 is 1. The zero-order valence-corrected chi connectivity index (χ0v) is 14.6. The van der Waals surface area contributed by atoms with Crippen molar-refractivity contribution >= 4 is 12.3 Å². The fourth-order valence-corrected chi connectivity index (χ4v) is 3.08. The molecule has 0 atom stereocenters. The normalized spacial score (nSPS) is 19.6. The van der Waals surface area contributed by atoms with E-state index >= 15 is 0 Å². The fourth-order valence-electron chi connectivity index (χ4n) is 3.08. The molecule has 3 rings (SSSR count). The Labute approximate surface area is 151 Å². The summed E-state index contributed by atoms with van der Waals surface area (Å²) in [6.45, 7) is 0. The smallest absolute Gasteiger partial charge is 0.316 e. The first-order valence-electron chi connectivity index (χ1n) is 8.65. The topological polar surface area (TPSA) is 91.3 Å². The van der Waals surface area contributed by atoms with E-state index in [1.54, 1.807) is 24.5 Å². The molecule has 0 bridgehead atoms. The predicted octanol–water partition coefficient (Wildman–Crippen LogP) is 2.85. The molecule has 1 aliphatic carbocycles. The van der Waals surface area contributed by atoms with Crippen molar-refractivity contribution in [2.45, 2.75) is 38.2 Å². The quantitative estimate of drug-likeness (QED) is 0.581. The van der Waals surface area contributed by atoms with Crippen molar-refractivity contribution in [1.82, 2.24) is 15.0 Å². The molecule has 26 heavy (non-hydrogen) atoms. The van der Waals surface area contributed by atoms with Crippen LogP contribution in [0.15, 0.2) is 30.7 Å². The van der Waals surface area contributed by atoms with Gasteiger partial charge in [-0.25, -0.2) is 9.97 Å². The van der Waals surface area contributed by atoms with Gasteiger partial charge in [0, 0.05) is 36.1 Å². The Morgan fingerprint density at radius 1 is 1.12 bits per heavy atom. The summed E-state index contributed by atoms with van der Waals surface area (Å²) in [5.74, 6) is 0.217. The Morgan fingerprint density at radius 3 is 2.42 bits per heavy atom. The van der Waals surface area contributed by atoms with Crippen LogP contribution in [0, 0.1) is 5.92 Å². The van der Waals surface area contributed by atoms with E-state index in [1.165, 1.54) is 13.3 Å². The number of rotatable bonds is 6. The second-order valence-electron chi connectivity index (χ2n) is 6.39. The van der Waals surface area contributed by atoms with Crippen molar-refractivity contribution in [2.24, 2.45) is 5.92 Å². The molecule has 7 nitrogen and oxygen atoms in total. The molecular formula is C19H21N3O4. The molecule has 0 radical (unpaired) electrons. The van der Waals surface area contributed by atoms with Gasteiger partial charge < -0.3 is 9.47 Å². The molecule has 136 valence electrons. The minimum Gasteiger partial charge on any atom is -0.469 e. The van der Waals surface area contributed by atoms with Gasteiger partial charge in [-0.1, -0.05) is 0 Å². The van der Waals surface area contributed by atoms with Crippen molar-refractivity contribution in [2.75, 3.05) is 7.11 Å². The van der Waals surface area contributed by atoms with Crippen LogP contribution in [0.1, 0.15) is 42.5 Å². The summed E-state index contributed by atoms with van der Waals surface area (Å²) in [4.78, 5) is 34.7. The molecule has 0 N–H and O–H groups in total. The first-order chi connectivity index (χ1) is 12.7. The largest absolute Gasteiger partial charge is 0.469 e. The van der Waals surface area contributed by atoms with Crippen molar-refractivity contribution in [3.8, 4) is 17.3 Å². The van der Waals surface area contributed by atoms with E-state index in [1.807, 2.05) is 0 Å². The van der Waals surface area contributed by atoms with Crippen LogP contribution in [-0.2, 0) is 9.53 Å². The van der Waals surface area contributed by atoms with Crippen molar-refractivity contribution in [3.63, 3.8) is 0 Å². The highest BCUT2D eigenvalue weighted by Crippen LogP contribution is 2.29. The number of aromatic nitrogens is 3. The highest BCUT2D eigenvalue weighted by Gasteiger charge is 2.25. The summed E-state index contributed by atoms with van der Waals surface area (Å²) in [5, 5.41) is 0. The van der Waals surface area contributed by atoms with Crippen LogP contribution in [0.5, 0.6) is 6.01 Å². The third kappa shape index (κ3) is 4.62. The fraction of sp³-hybridized carbons (Fsp3) is 0.421. The van der Waals surface area contributed by atoms with Crippen LogP contribution in [0.2, 0.25) is 0 Å². The Hall–Kier alpha value is -2.83. The number of hydrogen-bond donors (Lipinski definition) is 0. The maximum atomic E-state index is 11.3. The number of hydrogen-bond acceptors (Lipinski definition) is 7. The van der Waals surface area contributed by atoms with Gasteiger partial charge in [0.1, 0.15) is 6.10 Å². The predicted molar refractivity (Wildman–Crippen MR) is 93.7 cm³/mol. The molecule has 7 heteroatoms. The van der Waals surface area contributed by atoms with Crippen LogP contribution >= 0.6 is 0 Å². The molecule has 2 aromatic rings. The van der Waals surface area contributed by atoms with E-state index in [-0.39, 0.29) is 12.1 Å². The van der Waals surface area contributed by atoms with E-state index in [0.717, 1.165) is 37.5 Å². The average Bonchev–Trinajstić information content (AvgIpc) is 2.70. The maximum Gasteiger partial charge on any atom is 0.316 e. The van der Waals surface area contributed by atoms with Crippen molar-refractivity contribution in [1.29, 1.82) is 0 Å². The second kappa shape index (κ2) is 8.51. The summed E-state index contributed by atoms with van der Waals surface area (Å²) in [7, 11) is 1.42. The summed E-state index contributed by atoms with van der Waals surface area (Å²) < 4.78 is 10.6. The lowest BCUT2D eigenvalue weighted by Gasteiger charge is -2.27. The van der Waals surface area contributed by atoms with Gasteiger partial charge in [-0.2, -0.15) is 0 Å². The van der Waals surface area contributed by atoms with Crippen LogP contribution in [-0.4, -0.2) is 40.4 Å². The molecule has 0 unspecified atom stereocenters. The lowest BCUT2D eigenvalue weighted by Crippen LogP contribution is -2.26. The third-order valence-corrected chi connectivity index (χ3v) is 4.60. The number of carbonyl (C=O) groups is 2. The van der Waals surface area contributed by atoms with Gasteiger partial charge >= 0.3 is 12.0 Å². The van der Waals surface area contributed by atoms with E-state index in [4.69, 9.17) is 9.47 Å². The molecule has 2 aromatic heterocycles. The maximum absolute atomic E-state index is 11.3. The lowest BCUT2D eigenvalue weighted by molar-refractivity contribution is -0.142. The molecule has 1 aliphatic rings. The van der Waals surface area contributed by atoms with Gasteiger partial charge in [-0.3, -0.25) is 14.6 Å². The number of carbonyl (C=O) groups excluding carboxylic acids is 2.